The molecule has 3 aromatic carbocycles. The van der Waals surface area contributed by atoms with Crippen molar-refractivity contribution in [3.05, 3.63) is 99.5 Å². The summed E-state index contributed by atoms with van der Waals surface area (Å²) >= 11 is 1.50. The van der Waals surface area contributed by atoms with Gasteiger partial charge in [0.25, 0.3) is 11.8 Å². The molecule has 3 aromatic rings. The van der Waals surface area contributed by atoms with E-state index in [-0.39, 0.29) is 11.8 Å². The Morgan fingerprint density at radius 1 is 0.927 bits per heavy atom. The fraction of sp³-hybridized carbons (Fsp3) is 0.371. The highest BCUT2D eigenvalue weighted by atomic mass is 32.2. The molecule has 1 N–H and O–H groups in total. The second kappa shape index (κ2) is 15.0. The van der Waals surface area contributed by atoms with E-state index >= 15 is 0 Å². The molecule has 0 spiro atoms. The van der Waals surface area contributed by atoms with Gasteiger partial charge in [-0.2, -0.15) is 0 Å². The topological polar surface area (TPSA) is 52.7 Å². The second-order valence-electron chi connectivity index (χ2n) is 10.8. The van der Waals surface area contributed by atoms with Crippen LogP contribution < -0.4 is 10.2 Å². The molecule has 0 atom stereocenters. The maximum Gasteiger partial charge on any atom is 0.265 e. The summed E-state index contributed by atoms with van der Waals surface area (Å²) in [5.74, 6) is -0.0704. The molecule has 41 heavy (non-hydrogen) atoms. The molecule has 0 radical (unpaired) electrons. The second-order valence-corrected chi connectivity index (χ2v) is 11.9. The molecule has 2 amide bonds. The van der Waals surface area contributed by atoms with Crippen LogP contribution >= 0.6 is 11.8 Å². The van der Waals surface area contributed by atoms with Crippen LogP contribution in [-0.2, 0) is 11.3 Å². The van der Waals surface area contributed by atoms with Crippen molar-refractivity contribution in [2.24, 2.45) is 0 Å². The Bertz CT molecular complexity index is 1360. The lowest BCUT2D eigenvalue weighted by Crippen LogP contribution is -2.36. The lowest BCUT2D eigenvalue weighted by molar-refractivity contribution is -0.114. The number of amides is 2. The first-order valence-electron chi connectivity index (χ1n) is 14.9. The van der Waals surface area contributed by atoms with Gasteiger partial charge in [-0.3, -0.25) is 9.59 Å². The first kappa shape index (κ1) is 30.6. The number of anilines is 1. The minimum atomic E-state index is -0.0631. The van der Waals surface area contributed by atoms with Crippen molar-refractivity contribution in [3.8, 4) is 0 Å². The Morgan fingerprint density at radius 3 is 2.34 bits per heavy atom. The number of nitrogens with one attached hydrogen (secondary N) is 1. The SMILES string of the molecule is CCCCN(CCCC)CCNC(=O)c1ccc(/C=C2\Sc3ccccc3N(Cc3cc(C)ccc3C)C2=O)cc1. The molecular weight excluding hydrogens is 526 g/mol. The number of para-hydroxylation sites is 1. The van der Waals surface area contributed by atoms with E-state index in [4.69, 9.17) is 0 Å². The number of thioether (sulfide) groups is 1. The number of carbonyl (C=O) groups excluding carboxylic acids is 2. The Kier molecular flexibility index (Phi) is 11.2. The minimum absolute atomic E-state index is 0.00729. The molecule has 1 aliphatic rings. The summed E-state index contributed by atoms with van der Waals surface area (Å²) in [6.07, 6.45) is 6.66. The summed E-state index contributed by atoms with van der Waals surface area (Å²) in [6, 6.07) is 22.0. The summed E-state index contributed by atoms with van der Waals surface area (Å²) in [4.78, 5) is 32.6. The van der Waals surface area contributed by atoms with E-state index in [1.807, 2.05) is 53.4 Å². The van der Waals surface area contributed by atoms with Crippen LogP contribution in [0.2, 0.25) is 0 Å². The normalized spacial score (nSPS) is 14.0. The number of benzene rings is 3. The van der Waals surface area contributed by atoms with Gasteiger partial charge in [0.05, 0.1) is 17.1 Å². The standard InChI is InChI=1S/C35H43N3O2S/c1-5-7-20-37(21-8-6-2)22-19-36-34(39)29-17-15-28(16-18-29)24-33-35(40)38(31-11-9-10-12-32(31)41-33)25-30-23-26(3)13-14-27(30)4/h9-18,23-24H,5-8,19-22,25H2,1-4H3,(H,36,39)/b33-24-. The highest BCUT2D eigenvalue weighted by molar-refractivity contribution is 8.04. The van der Waals surface area contributed by atoms with Gasteiger partial charge in [0, 0.05) is 23.5 Å². The number of fused-ring (bicyclic) bond motifs is 1. The number of unbranched alkanes of at least 4 members (excludes halogenated alkanes) is 2. The van der Waals surface area contributed by atoms with Crippen molar-refractivity contribution in [1.82, 2.24) is 10.2 Å². The summed E-state index contributed by atoms with van der Waals surface area (Å²) in [5, 5.41) is 3.08. The van der Waals surface area contributed by atoms with Gasteiger partial charge in [0.15, 0.2) is 0 Å². The Labute approximate surface area is 250 Å². The maximum atomic E-state index is 13.7. The number of carbonyl (C=O) groups is 2. The molecule has 0 aromatic heterocycles. The molecule has 0 saturated heterocycles. The maximum absolute atomic E-state index is 13.7. The molecule has 5 nitrogen and oxygen atoms in total. The highest BCUT2D eigenvalue weighted by Crippen LogP contribution is 2.42. The third-order valence-corrected chi connectivity index (χ3v) is 8.58. The number of nitrogens with zero attached hydrogens (tertiary/aromatic N) is 2. The van der Waals surface area contributed by atoms with Crippen molar-refractivity contribution in [2.45, 2.75) is 64.8 Å². The smallest absolute Gasteiger partial charge is 0.265 e. The van der Waals surface area contributed by atoms with Crippen molar-refractivity contribution in [3.63, 3.8) is 0 Å². The van der Waals surface area contributed by atoms with E-state index in [2.05, 4.69) is 62.2 Å². The van der Waals surface area contributed by atoms with Crippen LogP contribution in [0.3, 0.4) is 0 Å². The molecule has 0 unspecified atom stereocenters. The zero-order chi connectivity index (χ0) is 29.2. The van der Waals surface area contributed by atoms with E-state index in [1.54, 1.807) is 0 Å². The predicted molar refractivity (Wildman–Crippen MR) is 172 cm³/mol. The molecular formula is C35H43N3O2S. The zero-order valence-electron chi connectivity index (χ0n) is 24.9. The van der Waals surface area contributed by atoms with Gasteiger partial charge in [0.2, 0.25) is 0 Å². The lowest BCUT2D eigenvalue weighted by Gasteiger charge is -2.31. The van der Waals surface area contributed by atoms with Gasteiger partial charge in [-0.15, -0.1) is 0 Å². The van der Waals surface area contributed by atoms with Gasteiger partial charge in [-0.25, -0.2) is 0 Å². The average Bonchev–Trinajstić information content (AvgIpc) is 2.98. The van der Waals surface area contributed by atoms with Crippen molar-refractivity contribution in [2.75, 3.05) is 31.1 Å². The van der Waals surface area contributed by atoms with Gasteiger partial charge in [-0.1, -0.05) is 86.5 Å². The first-order valence-corrected chi connectivity index (χ1v) is 15.7. The Balaban J connectivity index is 1.44. The van der Waals surface area contributed by atoms with Crippen molar-refractivity contribution >= 4 is 35.3 Å². The molecule has 0 bridgehead atoms. The third kappa shape index (κ3) is 8.34. The van der Waals surface area contributed by atoms with Gasteiger partial charge in [-0.05, 0) is 86.8 Å². The molecule has 1 heterocycles. The molecule has 1 aliphatic heterocycles. The van der Waals surface area contributed by atoms with Crippen LogP contribution in [0.25, 0.3) is 6.08 Å². The van der Waals surface area contributed by atoms with Gasteiger partial charge in [0.1, 0.15) is 0 Å². The largest absolute Gasteiger partial charge is 0.351 e. The fourth-order valence-electron chi connectivity index (χ4n) is 4.97. The van der Waals surface area contributed by atoms with Crippen molar-refractivity contribution in [1.29, 1.82) is 0 Å². The summed E-state index contributed by atoms with van der Waals surface area (Å²) in [6.45, 7) is 12.8. The average molecular weight is 570 g/mol. The number of hydrogen-bond donors (Lipinski definition) is 1. The molecule has 6 heteroatoms. The Morgan fingerprint density at radius 2 is 1.63 bits per heavy atom. The van der Waals surface area contributed by atoms with Crippen LogP contribution in [0.4, 0.5) is 5.69 Å². The number of rotatable bonds is 13. The molecule has 0 fully saturated rings. The number of hydrogen-bond acceptors (Lipinski definition) is 4. The lowest BCUT2D eigenvalue weighted by atomic mass is 10.0. The van der Waals surface area contributed by atoms with Crippen LogP contribution in [0.15, 0.2) is 76.5 Å². The van der Waals surface area contributed by atoms with E-state index in [1.165, 1.54) is 48.6 Å². The molecule has 4 rings (SSSR count). The molecule has 216 valence electrons. The predicted octanol–water partition coefficient (Wildman–Crippen LogP) is 7.62. The van der Waals surface area contributed by atoms with Gasteiger partial charge >= 0.3 is 0 Å². The van der Waals surface area contributed by atoms with E-state index < -0.39 is 0 Å². The first-order chi connectivity index (χ1) is 19.9. The minimum Gasteiger partial charge on any atom is -0.351 e. The summed E-state index contributed by atoms with van der Waals surface area (Å²) in [5.41, 5.74) is 5.97. The van der Waals surface area contributed by atoms with Crippen LogP contribution in [0.1, 0.15) is 72.1 Å². The third-order valence-electron chi connectivity index (χ3n) is 7.51. The molecule has 0 aliphatic carbocycles. The van der Waals surface area contributed by atoms with Crippen LogP contribution in [0.5, 0.6) is 0 Å². The monoisotopic (exact) mass is 569 g/mol. The molecule has 0 saturated carbocycles. The van der Waals surface area contributed by atoms with Crippen LogP contribution in [-0.4, -0.2) is 42.9 Å². The van der Waals surface area contributed by atoms with Crippen molar-refractivity contribution < 1.29 is 9.59 Å². The van der Waals surface area contributed by atoms with Crippen LogP contribution in [0, 0.1) is 13.8 Å². The van der Waals surface area contributed by atoms with Gasteiger partial charge < -0.3 is 15.1 Å². The summed E-state index contributed by atoms with van der Waals surface area (Å²) in [7, 11) is 0. The number of aryl methyl sites for hydroxylation is 2. The van der Waals surface area contributed by atoms with E-state index in [0.29, 0.717) is 23.6 Å². The Hall–Kier alpha value is -3.35. The van der Waals surface area contributed by atoms with E-state index in [9.17, 15) is 9.59 Å². The highest BCUT2D eigenvalue weighted by Gasteiger charge is 2.29. The summed E-state index contributed by atoms with van der Waals surface area (Å²) < 4.78 is 0. The van der Waals surface area contributed by atoms with E-state index in [0.717, 1.165) is 41.3 Å². The zero-order valence-corrected chi connectivity index (χ0v) is 25.7. The fourth-order valence-corrected chi connectivity index (χ4v) is 6.03. The quantitative estimate of drug-likeness (QED) is 0.215.